The molecule has 0 radical (unpaired) electrons. The normalized spacial score (nSPS) is 18.1. The molecule has 0 saturated heterocycles. The van der Waals surface area contributed by atoms with Gasteiger partial charge in [-0.3, -0.25) is 4.79 Å². The number of aryl methyl sites for hydroxylation is 3. The summed E-state index contributed by atoms with van der Waals surface area (Å²) in [6.07, 6.45) is 5.42. The number of nitrogens with one attached hydrogen (secondary N) is 1. The summed E-state index contributed by atoms with van der Waals surface area (Å²) in [5.41, 5.74) is 1.65. The van der Waals surface area contributed by atoms with Crippen LogP contribution in [0.25, 0.3) is 0 Å². The minimum atomic E-state index is -0.0588. The van der Waals surface area contributed by atoms with Gasteiger partial charge in [0, 0.05) is 25.2 Å². The number of carbonyl (C=O) groups excluding carboxylic acids is 1. The Morgan fingerprint density at radius 3 is 3.11 bits per heavy atom. The third-order valence-electron chi connectivity index (χ3n) is 3.55. The van der Waals surface area contributed by atoms with Gasteiger partial charge in [-0.15, -0.1) is 0 Å². The van der Waals surface area contributed by atoms with Crippen molar-refractivity contribution in [2.75, 3.05) is 0 Å². The van der Waals surface area contributed by atoms with Gasteiger partial charge in [0.05, 0.1) is 17.5 Å². The van der Waals surface area contributed by atoms with Gasteiger partial charge in [-0.1, -0.05) is 0 Å². The van der Waals surface area contributed by atoms with Crippen LogP contribution in [-0.4, -0.2) is 21.5 Å². The summed E-state index contributed by atoms with van der Waals surface area (Å²) in [6.45, 7) is 4.58. The third-order valence-corrected chi connectivity index (χ3v) is 3.55. The minimum absolute atomic E-state index is 0.0588. The molecule has 100 valence electrons. The topological polar surface area (TPSA) is 60.1 Å². The summed E-state index contributed by atoms with van der Waals surface area (Å²) in [5, 5.41) is 3.06. The first-order valence-corrected chi connectivity index (χ1v) is 6.51. The molecular weight excluding hydrogens is 242 g/mol. The Labute approximate surface area is 111 Å². The predicted octanol–water partition coefficient (Wildman–Crippen LogP) is 1.84. The molecule has 1 amide bonds. The lowest BCUT2D eigenvalue weighted by Gasteiger charge is -2.24. The maximum Gasteiger partial charge on any atom is 0.255 e. The number of amides is 1. The number of hydrogen-bond donors (Lipinski definition) is 1. The largest absolute Gasteiger partial charge is 0.469 e. The Hall–Kier alpha value is -2.04. The average molecular weight is 259 g/mol. The Morgan fingerprint density at radius 2 is 2.37 bits per heavy atom. The van der Waals surface area contributed by atoms with Gasteiger partial charge in [-0.25, -0.2) is 4.98 Å². The fourth-order valence-corrected chi connectivity index (χ4v) is 2.59. The number of rotatable bonds is 2. The van der Waals surface area contributed by atoms with Crippen LogP contribution in [-0.2, 0) is 13.0 Å². The Balaban J connectivity index is 1.69. The van der Waals surface area contributed by atoms with Crippen LogP contribution in [0.4, 0.5) is 0 Å². The second-order valence-electron chi connectivity index (χ2n) is 5.05. The second kappa shape index (κ2) is 4.57. The van der Waals surface area contributed by atoms with Crippen molar-refractivity contribution in [2.24, 2.45) is 0 Å². The highest BCUT2D eigenvalue weighted by molar-refractivity contribution is 5.95. The highest BCUT2D eigenvalue weighted by Gasteiger charge is 2.22. The molecule has 1 aliphatic rings. The first-order chi connectivity index (χ1) is 9.13. The van der Waals surface area contributed by atoms with Crippen LogP contribution in [0.1, 0.15) is 34.1 Å². The van der Waals surface area contributed by atoms with Crippen LogP contribution >= 0.6 is 0 Å². The van der Waals surface area contributed by atoms with Gasteiger partial charge < -0.3 is 14.3 Å². The van der Waals surface area contributed by atoms with E-state index in [0.29, 0.717) is 11.3 Å². The highest BCUT2D eigenvalue weighted by atomic mass is 16.3. The molecule has 2 aromatic rings. The zero-order chi connectivity index (χ0) is 13.4. The van der Waals surface area contributed by atoms with Crippen LogP contribution in [0.5, 0.6) is 0 Å². The molecule has 1 N–H and O–H groups in total. The molecule has 0 aliphatic carbocycles. The molecule has 3 rings (SSSR count). The van der Waals surface area contributed by atoms with E-state index in [-0.39, 0.29) is 11.9 Å². The van der Waals surface area contributed by atoms with E-state index in [1.165, 1.54) is 0 Å². The lowest BCUT2D eigenvalue weighted by Crippen LogP contribution is -2.40. The Kier molecular flexibility index (Phi) is 2.89. The molecule has 0 saturated carbocycles. The summed E-state index contributed by atoms with van der Waals surface area (Å²) in [4.78, 5) is 16.6. The monoisotopic (exact) mass is 259 g/mol. The molecule has 0 spiro atoms. The van der Waals surface area contributed by atoms with E-state index in [9.17, 15) is 4.79 Å². The van der Waals surface area contributed by atoms with Gasteiger partial charge in [0.15, 0.2) is 0 Å². The van der Waals surface area contributed by atoms with Crippen molar-refractivity contribution in [1.82, 2.24) is 14.9 Å². The van der Waals surface area contributed by atoms with E-state index in [1.54, 1.807) is 19.3 Å². The number of imidazole rings is 1. The summed E-state index contributed by atoms with van der Waals surface area (Å²) >= 11 is 0. The average Bonchev–Trinajstić information content (AvgIpc) is 2.93. The molecule has 3 heterocycles. The van der Waals surface area contributed by atoms with E-state index in [2.05, 4.69) is 14.9 Å². The van der Waals surface area contributed by atoms with Crippen molar-refractivity contribution in [3.63, 3.8) is 0 Å². The molecule has 1 aliphatic heterocycles. The van der Waals surface area contributed by atoms with E-state index >= 15 is 0 Å². The van der Waals surface area contributed by atoms with Gasteiger partial charge in [-0.05, 0) is 26.3 Å². The smallest absolute Gasteiger partial charge is 0.255 e. The maximum atomic E-state index is 12.1. The molecule has 2 aromatic heterocycles. The molecule has 5 nitrogen and oxygen atoms in total. The van der Waals surface area contributed by atoms with Crippen molar-refractivity contribution in [3.05, 3.63) is 41.4 Å². The van der Waals surface area contributed by atoms with Crippen molar-refractivity contribution in [3.8, 4) is 0 Å². The first kappa shape index (κ1) is 12.0. The molecule has 19 heavy (non-hydrogen) atoms. The fraction of sp³-hybridized carbons (Fsp3) is 0.429. The zero-order valence-corrected chi connectivity index (χ0v) is 11.1. The number of carbonyl (C=O) groups is 1. The van der Waals surface area contributed by atoms with Crippen LogP contribution in [0.2, 0.25) is 0 Å². The predicted molar refractivity (Wildman–Crippen MR) is 70.0 cm³/mol. The van der Waals surface area contributed by atoms with Crippen LogP contribution in [0.15, 0.2) is 22.9 Å². The molecule has 0 fully saturated rings. The van der Waals surface area contributed by atoms with E-state index in [0.717, 1.165) is 30.9 Å². The number of nitrogens with zero attached hydrogens (tertiary/aromatic N) is 2. The maximum absolute atomic E-state index is 12.1. The molecule has 0 bridgehead atoms. The fourth-order valence-electron chi connectivity index (χ4n) is 2.59. The molecule has 1 unspecified atom stereocenters. The van der Waals surface area contributed by atoms with Crippen molar-refractivity contribution < 1.29 is 9.21 Å². The zero-order valence-electron chi connectivity index (χ0n) is 11.1. The van der Waals surface area contributed by atoms with E-state index in [1.807, 2.05) is 13.1 Å². The number of furan rings is 1. The van der Waals surface area contributed by atoms with Crippen LogP contribution < -0.4 is 5.32 Å². The summed E-state index contributed by atoms with van der Waals surface area (Å²) in [7, 11) is 0. The van der Waals surface area contributed by atoms with Gasteiger partial charge in [0.1, 0.15) is 11.6 Å². The minimum Gasteiger partial charge on any atom is -0.469 e. The van der Waals surface area contributed by atoms with Gasteiger partial charge in [0.25, 0.3) is 5.91 Å². The van der Waals surface area contributed by atoms with Crippen molar-refractivity contribution in [2.45, 2.75) is 39.3 Å². The Morgan fingerprint density at radius 1 is 1.53 bits per heavy atom. The standard InChI is InChI=1S/C14H17N3O2/c1-9-7-17-8-11(3-4-13(17)15-9)16-14(18)12-5-6-19-10(12)2/h5-7,11H,3-4,8H2,1-2H3,(H,16,18). The lowest BCUT2D eigenvalue weighted by atomic mass is 10.1. The second-order valence-corrected chi connectivity index (χ2v) is 5.05. The lowest BCUT2D eigenvalue weighted by molar-refractivity contribution is 0.0926. The summed E-state index contributed by atoms with van der Waals surface area (Å²) in [5.74, 6) is 1.71. The van der Waals surface area contributed by atoms with Gasteiger partial charge >= 0.3 is 0 Å². The van der Waals surface area contributed by atoms with Crippen LogP contribution in [0.3, 0.4) is 0 Å². The van der Waals surface area contributed by atoms with E-state index in [4.69, 9.17) is 4.42 Å². The van der Waals surface area contributed by atoms with Crippen LogP contribution in [0, 0.1) is 13.8 Å². The third kappa shape index (κ3) is 2.28. The van der Waals surface area contributed by atoms with Gasteiger partial charge in [0.2, 0.25) is 0 Å². The molecule has 1 atom stereocenters. The summed E-state index contributed by atoms with van der Waals surface area (Å²) in [6, 6.07) is 1.86. The molecule has 5 heteroatoms. The highest BCUT2D eigenvalue weighted by Crippen LogP contribution is 2.16. The molecule has 0 aromatic carbocycles. The van der Waals surface area contributed by atoms with Gasteiger partial charge in [-0.2, -0.15) is 0 Å². The SMILES string of the molecule is Cc1cn2c(n1)CCC(NC(=O)c1ccoc1C)C2. The number of aromatic nitrogens is 2. The van der Waals surface area contributed by atoms with Crippen molar-refractivity contribution >= 4 is 5.91 Å². The van der Waals surface area contributed by atoms with Crippen molar-refractivity contribution in [1.29, 1.82) is 0 Å². The number of hydrogen-bond acceptors (Lipinski definition) is 3. The Bertz CT molecular complexity index is 612. The first-order valence-electron chi connectivity index (χ1n) is 6.51. The quantitative estimate of drug-likeness (QED) is 0.895. The van der Waals surface area contributed by atoms with E-state index < -0.39 is 0 Å². The summed E-state index contributed by atoms with van der Waals surface area (Å²) < 4.78 is 7.29. The number of fused-ring (bicyclic) bond motifs is 1. The molecular formula is C14H17N3O2.